The van der Waals surface area contributed by atoms with E-state index in [2.05, 4.69) is 8.75 Å². The van der Waals surface area contributed by atoms with Gasteiger partial charge in [-0.3, -0.25) is 4.79 Å². The Kier molecular flexibility index (Phi) is 5.02. The molecule has 25 heavy (non-hydrogen) atoms. The fourth-order valence-electron chi connectivity index (χ4n) is 2.60. The van der Waals surface area contributed by atoms with Crippen LogP contribution in [0.15, 0.2) is 29.2 Å². The summed E-state index contributed by atoms with van der Waals surface area (Å²) in [7, 11) is -2.06. The topological polar surface area (TPSA) is 92.7 Å². The number of carbonyl (C=O) groups excluding carboxylic acids is 1. The van der Waals surface area contributed by atoms with Crippen LogP contribution in [0, 0.1) is 6.92 Å². The highest BCUT2D eigenvalue weighted by Gasteiger charge is 2.31. The Morgan fingerprint density at radius 3 is 2.28 bits per heavy atom. The standard InChI is InChI=1S/C15H18N4O4S2/c1-11-14(17-24-16-11)15(20)18-7-9-19(10-8-18)25(21,22)13-5-3-12(23-2)4-6-13/h3-6H,7-10H2,1-2H3. The van der Waals surface area contributed by atoms with Crippen LogP contribution in [-0.2, 0) is 10.0 Å². The lowest BCUT2D eigenvalue weighted by molar-refractivity contribution is 0.0692. The summed E-state index contributed by atoms with van der Waals surface area (Å²) in [6.45, 7) is 2.88. The van der Waals surface area contributed by atoms with Gasteiger partial charge in [0.05, 0.1) is 29.4 Å². The molecule has 1 aliphatic rings. The van der Waals surface area contributed by atoms with Crippen LogP contribution in [0.3, 0.4) is 0 Å². The number of hydrogen-bond acceptors (Lipinski definition) is 7. The summed E-state index contributed by atoms with van der Waals surface area (Å²) < 4.78 is 39.9. The van der Waals surface area contributed by atoms with E-state index in [9.17, 15) is 13.2 Å². The van der Waals surface area contributed by atoms with E-state index in [0.717, 1.165) is 11.7 Å². The lowest BCUT2D eigenvalue weighted by atomic mass is 10.2. The highest BCUT2D eigenvalue weighted by atomic mass is 32.2. The van der Waals surface area contributed by atoms with Gasteiger partial charge in [-0.05, 0) is 31.2 Å². The molecule has 1 amide bonds. The molecule has 1 saturated heterocycles. The lowest BCUT2D eigenvalue weighted by Gasteiger charge is -2.33. The fraction of sp³-hybridized carbons (Fsp3) is 0.400. The van der Waals surface area contributed by atoms with Gasteiger partial charge in [-0.1, -0.05) is 0 Å². The summed E-state index contributed by atoms with van der Waals surface area (Å²) in [5.74, 6) is 0.398. The smallest absolute Gasteiger partial charge is 0.275 e. The van der Waals surface area contributed by atoms with Crippen molar-refractivity contribution in [2.24, 2.45) is 0 Å². The van der Waals surface area contributed by atoms with Crippen LogP contribution in [0.25, 0.3) is 0 Å². The largest absolute Gasteiger partial charge is 0.497 e. The van der Waals surface area contributed by atoms with Gasteiger partial charge in [0.1, 0.15) is 5.75 Å². The number of sulfonamides is 1. The molecule has 134 valence electrons. The summed E-state index contributed by atoms with van der Waals surface area (Å²) in [4.78, 5) is 14.3. The third-order valence-electron chi connectivity index (χ3n) is 4.08. The van der Waals surface area contributed by atoms with Crippen LogP contribution >= 0.6 is 11.7 Å². The molecule has 0 spiro atoms. The SMILES string of the molecule is COc1ccc(S(=O)(=O)N2CCN(C(=O)c3nsnc3C)CC2)cc1. The monoisotopic (exact) mass is 382 g/mol. The predicted octanol–water partition coefficient (Wildman–Crippen LogP) is 1.00. The quantitative estimate of drug-likeness (QED) is 0.783. The minimum atomic E-state index is -3.58. The Balaban J connectivity index is 1.68. The Hall–Kier alpha value is -2.04. The summed E-state index contributed by atoms with van der Waals surface area (Å²) in [5, 5.41) is 0. The average Bonchev–Trinajstić information content (AvgIpc) is 3.07. The number of amides is 1. The normalized spacial score (nSPS) is 16.0. The predicted molar refractivity (Wildman–Crippen MR) is 92.3 cm³/mol. The first kappa shape index (κ1) is 17.8. The minimum absolute atomic E-state index is 0.201. The van der Waals surface area contributed by atoms with Gasteiger partial charge in [0.15, 0.2) is 5.69 Å². The van der Waals surface area contributed by atoms with Crippen LogP contribution in [0.4, 0.5) is 0 Å². The zero-order valence-corrected chi connectivity index (χ0v) is 15.5. The van der Waals surface area contributed by atoms with E-state index in [-0.39, 0.29) is 23.9 Å². The summed E-state index contributed by atoms with van der Waals surface area (Å²) in [6.07, 6.45) is 0. The molecule has 2 heterocycles. The zero-order chi connectivity index (χ0) is 18.0. The molecule has 10 heteroatoms. The number of nitrogens with zero attached hydrogens (tertiary/aromatic N) is 4. The van der Waals surface area contributed by atoms with Gasteiger partial charge in [-0.2, -0.15) is 13.1 Å². The summed E-state index contributed by atoms with van der Waals surface area (Å²) in [6, 6.07) is 6.28. The number of rotatable bonds is 4. The first-order valence-corrected chi connectivity index (χ1v) is 9.83. The number of hydrogen-bond donors (Lipinski definition) is 0. The van der Waals surface area contributed by atoms with E-state index >= 15 is 0 Å². The molecule has 3 rings (SSSR count). The molecule has 0 unspecified atom stereocenters. The number of benzene rings is 1. The van der Waals surface area contributed by atoms with Crippen LogP contribution in [-0.4, -0.2) is 65.6 Å². The van der Waals surface area contributed by atoms with E-state index in [0.29, 0.717) is 30.2 Å². The van der Waals surface area contributed by atoms with Gasteiger partial charge < -0.3 is 9.64 Å². The van der Waals surface area contributed by atoms with Crippen molar-refractivity contribution in [3.63, 3.8) is 0 Å². The van der Waals surface area contributed by atoms with Gasteiger partial charge >= 0.3 is 0 Å². The molecule has 8 nitrogen and oxygen atoms in total. The molecule has 0 atom stereocenters. The van der Waals surface area contributed by atoms with Crippen LogP contribution in [0.2, 0.25) is 0 Å². The Bertz CT molecular complexity index is 856. The molecule has 1 fully saturated rings. The number of carbonyl (C=O) groups is 1. The van der Waals surface area contributed by atoms with Crippen LogP contribution in [0.5, 0.6) is 5.75 Å². The number of aryl methyl sites for hydroxylation is 1. The molecule has 0 aliphatic carbocycles. The molecular weight excluding hydrogens is 364 g/mol. The van der Waals surface area contributed by atoms with E-state index < -0.39 is 10.0 Å². The van der Waals surface area contributed by atoms with Crippen molar-refractivity contribution in [3.05, 3.63) is 35.7 Å². The van der Waals surface area contributed by atoms with Crippen molar-refractivity contribution in [1.82, 2.24) is 18.0 Å². The maximum atomic E-state index is 12.7. The van der Waals surface area contributed by atoms with Crippen molar-refractivity contribution in [2.75, 3.05) is 33.3 Å². The van der Waals surface area contributed by atoms with Crippen LogP contribution in [0.1, 0.15) is 16.2 Å². The van der Waals surface area contributed by atoms with E-state index in [4.69, 9.17) is 4.74 Å². The molecule has 0 N–H and O–H groups in total. The van der Waals surface area contributed by atoms with Crippen molar-refractivity contribution in [3.8, 4) is 5.75 Å². The number of methoxy groups -OCH3 is 1. The Morgan fingerprint density at radius 2 is 1.76 bits per heavy atom. The van der Waals surface area contributed by atoms with E-state index in [1.165, 1.54) is 23.5 Å². The maximum Gasteiger partial charge on any atom is 0.275 e. The molecule has 1 aromatic carbocycles. The van der Waals surface area contributed by atoms with Crippen molar-refractivity contribution in [1.29, 1.82) is 0 Å². The van der Waals surface area contributed by atoms with Gasteiger partial charge in [-0.15, -0.1) is 0 Å². The minimum Gasteiger partial charge on any atom is -0.497 e. The molecule has 1 aromatic heterocycles. The molecule has 1 aliphatic heterocycles. The highest BCUT2D eigenvalue weighted by Crippen LogP contribution is 2.21. The molecule has 2 aromatic rings. The Labute approximate surface area is 150 Å². The third-order valence-corrected chi connectivity index (χ3v) is 6.61. The summed E-state index contributed by atoms with van der Waals surface area (Å²) in [5.41, 5.74) is 0.944. The van der Waals surface area contributed by atoms with Crippen molar-refractivity contribution < 1.29 is 17.9 Å². The van der Waals surface area contributed by atoms with Gasteiger partial charge in [0.25, 0.3) is 5.91 Å². The first-order valence-electron chi connectivity index (χ1n) is 7.66. The van der Waals surface area contributed by atoms with E-state index in [1.54, 1.807) is 24.0 Å². The maximum absolute atomic E-state index is 12.7. The second-order valence-electron chi connectivity index (χ2n) is 5.57. The van der Waals surface area contributed by atoms with Gasteiger partial charge in [-0.25, -0.2) is 8.42 Å². The number of aromatic nitrogens is 2. The second kappa shape index (κ2) is 7.06. The highest BCUT2D eigenvalue weighted by molar-refractivity contribution is 7.89. The molecule has 0 saturated carbocycles. The van der Waals surface area contributed by atoms with Crippen molar-refractivity contribution >= 4 is 27.7 Å². The Morgan fingerprint density at radius 1 is 1.12 bits per heavy atom. The molecule has 0 bridgehead atoms. The van der Waals surface area contributed by atoms with Crippen LogP contribution < -0.4 is 4.74 Å². The van der Waals surface area contributed by atoms with Gasteiger partial charge in [0.2, 0.25) is 10.0 Å². The number of ether oxygens (including phenoxy) is 1. The summed E-state index contributed by atoms with van der Waals surface area (Å²) >= 11 is 1.000. The zero-order valence-electron chi connectivity index (χ0n) is 13.9. The third kappa shape index (κ3) is 3.51. The number of piperazine rings is 1. The lowest BCUT2D eigenvalue weighted by Crippen LogP contribution is -2.50. The average molecular weight is 382 g/mol. The van der Waals surface area contributed by atoms with Crippen molar-refractivity contribution in [2.45, 2.75) is 11.8 Å². The fourth-order valence-corrected chi connectivity index (χ4v) is 4.57. The molecule has 0 radical (unpaired) electrons. The van der Waals surface area contributed by atoms with E-state index in [1.807, 2.05) is 0 Å². The molecular formula is C15H18N4O4S2. The van der Waals surface area contributed by atoms with Gasteiger partial charge in [0, 0.05) is 26.2 Å². The first-order chi connectivity index (χ1) is 11.9. The second-order valence-corrected chi connectivity index (χ2v) is 8.04.